The monoisotopic (exact) mass is 258 g/mol. The fourth-order valence-electron chi connectivity index (χ4n) is 1.38. The molecule has 0 saturated heterocycles. The van der Waals surface area contributed by atoms with Crippen LogP contribution in [0.5, 0.6) is 5.75 Å². The van der Waals surface area contributed by atoms with Crippen LogP contribution in [0.25, 0.3) is 0 Å². The molecular weight excluding hydrogens is 244 g/mol. The molecule has 1 aromatic rings. The number of hydrogen-bond donors (Lipinski definition) is 1. The molecule has 94 valence electrons. The van der Waals surface area contributed by atoms with Gasteiger partial charge >= 0.3 is 16.1 Å². The van der Waals surface area contributed by atoms with Crippen molar-refractivity contribution in [3.63, 3.8) is 0 Å². The quantitative estimate of drug-likeness (QED) is 0.828. The van der Waals surface area contributed by atoms with Gasteiger partial charge in [-0.1, -0.05) is 17.7 Å². The van der Waals surface area contributed by atoms with Gasteiger partial charge in [0.25, 0.3) is 0 Å². The molecule has 1 atom stereocenters. The Bertz CT molecular complexity index is 533. The summed E-state index contributed by atoms with van der Waals surface area (Å²) >= 11 is 0. The van der Waals surface area contributed by atoms with Gasteiger partial charge in [0, 0.05) is 5.56 Å². The third-order valence-electron chi connectivity index (χ3n) is 2.24. The van der Waals surface area contributed by atoms with E-state index in [-0.39, 0.29) is 5.75 Å². The third kappa shape index (κ3) is 3.74. The Morgan fingerprint density at radius 1 is 1.41 bits per heavy atom. The van der Waals surface area contributed by atoms with E-state index in [9.17, 15) is 13.2 Å². The summed E-state index contributed by atoms with van der Waals surface area (Å²) in [7, 11) is -3.66. The Morgan fingerprint density at radius 2 is 2.00 bits per heavy atom. The van der Waals surface area contributed by atoms with E-state index in [0.717, 1.165) is 11.8 Å². The average Bonchev–Trinajstić information content (AvgIpc) is 2.17. The van der Waals surface area contributed by atoms with Crippen molar-refractivity contribution in [1.29, 1.82) is 0 Å². The van der Waals surface area contributed by atoms with Crippen LogP contribution in [0, 0.1) is 6.92 Å². The summed E-state index contributed by atoms with van der Waals surface area (Å²) in [5.74, 6) is -1.80. The molecule has 0 unspecified atom stereocenters. The first-order valence-electron chi connectivity index (χ1n) is 4.93. The number of carbonyl (C=O) groups is 1. The topological polar surface area (TPSA) is 80.7 Å². The highest BCUT2D eigenvalue weighted by Crippen LogP contribution is 2.28. The molecule has 0 saturated carbocycles. The highest BCUT2D eigenvalue weighted by atomic mass is 32.2. The molecular formula is C11H14O5S. The van der Waals surface area contributed by atoms with Crippen LogP contribution in [-0.2, 0) is 14.9 Å². The zero-order valence-electron chi connectivity index (χ0n) is 9.80. The van der Waals surface area contributed by atoms with Crippen LogP contribution in [0.15, 0.2) is 18.2 Å². The summed E-state index contributed by atoms with van der Waals surface area (Å²) in [4.78, 5) is 10.9. The summed E-state index contributed by atoms with van der Waals surface area (Å²) in [6.45, 7) is 3.27. The Morgan fingerprint density at radius 3 is 2.47 bits per heavy atom. The largest absolute Gasteiger partial charge is 0.481 e. The van der Waals surface area contributed by atoms with E-state index in [1.807, 2.05) is 0 Å². The van der Waals surface area contributed by atoms with E-state index < -0.39 is 22.0 Å². The maximum Gasteiger partial charge on any atom is 0.310 e. The van der Waals surface area contributed by atoms with Crippen LogP contribution >= 0.6 is 0 Å². The predicted octanol–water partition coefficient (Wildman–Crippen LogP) is 1.52. The van der Waals surface area contributed by atoms with Gasteiger partial charge in [0.2, 0.25) is 0 Å². The summed E-state index contributed by atoms with van der Waals surface area (Å²) in [5.41, 5.74) is 1.19. The van der Waals surface area contributed by atoms with Gasteiger partial charge in [0.1, 0.15) is 5.75 Å². The van der Waals surface area contributed by atoms with Crippen molar-refractivity contribution in [2.75, 3.05) is 6.26 Å². The van der Waals surface area contributed by atoms with Crippen molar-refractivity contribution in [3.8, 4) is 5.75 Å². The van der Waals surface area contributed by atoms with Crippen molar-refractivity contribution in [1.82, 2.24) is 0 Å². The lowest BCUT2D eigenvalue weighted by Crippen LogP contribution is -2.12. The van der Waals surface area contributed by atoms with E-state index >= 15 is 0 Å². The van der Waals surface area contributed by atoms with E-state index in [4.69, 9.17) is 9.29 Å². The first-order valence-corrected chi connectivity index (χ1v) is 6.75. The minimum absolute atomic E-state index is 0.0630. The molecule has 0 spiro atoms. The number of hydrogen-bond acceptors (Lipinski definition) is 4. The highest BCUT2D eigenvalue weighted by Gasteiger charge is 2.20. The van der Waals surface area contributed by atoms with Crippen LogP contribution < -0.4 is 4.18 Å². The second-order valence-corrected chi connectivity index (χ2v) is 5.46. The van der Waals surface area contributed by atoms with Gasteiger partial charge in [-0.3, -0.25) is 4.79 Å². The average molecular weight is 258 g/mol. The molecule has 0 bridgehead atoms. The molecule has 0 amide bonds. The maximum absolute atomic E-state index is 11.1. The molecule has 0 fully saturated rings. The van der Waals surface area contributed by atoms with Crippen LogP contribution in [0.2, 0.25) is 0 Å². The van der Waals surface area contributed by atoms with E-state index in [2.05, 4.69) is 0 Å². The zero-order chi connectivity index (χ0) is 13.2. The van der Waals surface area contributed by atoms with Crippen molar-refractivity contribution >= 4 is 16.1 Å². The van der Waals surface area contributed by atoms with Crippen LogP contribution in [0.4, 0.5) is 0 Å². The number of carboxylic acid groups (broad SMARTS) is 1. The molecule has 1 N–H and O–H groups in total. The first-order chi connectivity index (χ1) is 7.70. The second-order valence-electron chi connectivity index (χ2n) is 3.89. The number of rotatable bonds is 4. The minimum atomic E-state index is -3.66. The predicted molar refractivity (Wildman–Crippen MR) is 62.7 cm³/mol. The Hall–Kier alpha value is -1.56. The first kappa shape index (κ1) is 13.5. The smallest absolute Gasteiger partial charge is 0.310 e. The summed E-state index contributed by atoms with van der Waals surface area (Å²) in [6.07, 6.45) is 0.919. The van der Waals surface area contributed by atoms with E-state index in [1.54, 1.807) is 19.1 Å². The number of aryl methyl sites for hydroxylation is 1. The Labute approximate surface area is 100 Å². The fraction of sp³-hybridized carbons (Fsp3) is 0.364. The molecule has 17 heavy (non-hydrogen) atoms. The molecule has 0 aliphatic rings. The van der Waals surface area contributed by atoms with Gasteiger partial charge in [0.15, 0.2) is 0 Å². The van der Waals surface area contributed by atoms with Gasteiger partial charge in [-0.05, 0) is 19.9 Å². The molecule has 0 aromatic heterocycles. The lowest BCUT2D eigenvalue weighted by atomic mass is 9.98. The van der Waals surface area contributed by atoms with E-state index in [0.29, 0.717) is 5.56 Å². The van der Waals surface area contributed by atoms with Crippen LogP contribution in [0.1, 0.15) is 24.0 Å². The van der Waals surface area contributed by atoms with Gasteiger partial charge in [-0.25, -0.2) is 0 Å². The zero-order valence-corrected chi connectivity index (χ0v) is 10.6. The SMILES string of the molecule is Cc1ccc(OS(C)(=O)=O)c([C@H](C)C(=O)O)c1. The Kier molecular flexibility index (Phi) is 3.77. The van der Waals surface area contributed by atoms with Gasteiger partial charge in [0.05, 0.1) is 12.2 Å². The minimum Gasteiger partial charge on any atom is -0.481 e. The van der Waals surface area contributed by atoms with Crippen LogP contribution in [-0.4, -0.2) is 25.7 Å². The molecule has 6 heteroatoms. The fourth-order valence-corrected chi connectivity index (χ4v) is 1.86. The van der Waals surface area contributed by atoms with Crippen molar-refractivity contribution in [2.24, 2.45) is 0 Å². The number of carboxylic acids is 1. The normalized spacial score (nSPS) is 13.1. The molecule has 0 heterocycles. The summed E-state index contributed by atoms with van der Waals surface area (Å²) in [6, 6.07) is 4.74. The molecule has 0 aliphatic heterocycles. The van der Waals surface area contributed by atoms with Crippen LogP contribution in [0.3, 0.4) is 0 Å². The summed E-state index contributed by atoms with van der Waals surface area (Å²) in [5, 5.41) is 8.94. The standard InChI is InChI=1S/C11H14O5S/c1-7-4-5-10(16-17(3,14)15)9(6-7)8(2)11(12)13/h4-6,8H,1-3H3,(H,12,13)/t8-/m0/s1. The van der Waals surface area contributed by atoms with Gasteiger partial charge in [-0.15, -0.1) is 0 Å². The molecule has 1 aromatic carbocycles. The molecule has 5 nitrogen and oxygen atoms in total. The molecule has 0 radical (unpaired) electrons. The lowest BCUT2D eigenvalue weighted by Gasteiger charge is -2.13. The van der Waals surface area contributed by atoms with Gasteiger partial charge < -0.3 is 9.29 Å². The lowest BCUT2D eigenvalue weighted by molar-refractivity contribution is -0.138. The van der Waals surface area contributed by atoms with Crippen molar-refractivity contribution in [3.05, 3.63) is 29.3 Å². The third-order valence-corrected chi connectivity index (χ3v) is 2.73. The molecule has 1 rings (SSSR count). The highest BCUT2D eigenvalue weighted by molar-refractivity contribution is 7.86. The Balaban J connectivity index is 3.26. The van der Waals surface area contributed by atoms with Crippen molar-refractivity contribution < 1.29 is 22.5 Å². The summed E-state index contributed by atoms with van der Waals surface area (Å²) < 4.78 is 26.9. The second kappa shape index (κ2) is 4.75. The maximum atomic E-state index is 11.1. The van der Waals surface area contributed by atoms with Crippen molar-refractivity contribution in [2.45, 2.75) is 19.8 Å². The number of benzene rings is 1. The molecule has 0 aliphatic carbocycles. The number of aliphatic carboxylic acids is 1. The van der Waals surface area contributed by atoms with Gasteiger partial charge in [-0.2, -0.15) is 8.42 Å². The van der Waals surface area contributed by atoms with E-state index in [1.165, 1.54) is 13.0 Å².